The first-order chi connectivity index (χ1) is 5.66. The Hall–Kier alpha value is -0.350. The Morgan fingerprint density at radius 2 is 2.42 bits per heavy atom. The molecule has 0 aliphatic carbocycles. The van der Waals surface area contributed by atoms with Crippen LogP contribution in [0.5, 0.6) is 0 Å². The SMILES string of the molecule is CC(CCN)c1cnn(C)c1Br. The molecular weight excluding hydrogens is 218 g/mol. The molecule has 0 radical (unpaired) electrons. The number of nitrogens with two attached hydrogens (primary N) is 1. The maximum atomic E-state index is 5.48. The summed E-state index contributed by atoms with van der Waals surface area (Å²) in [5.41, 5.74) is 6.72. The van der Waals surface area contributed by atoms with E-state index in [-0.39, 0.29) is 0 Å². The molecule has 1 heterocycles. The van der Waals surface area contributed by atoms with Gasteiger partial charge in [-0.15, -0.1) is 0 Å². The number of aryl methyl sites for hydroxylation is 1. The summed E-state index contributed by atoms with van der Waals surface area (Å²) < 4.78 is 2.88. The molecule has 4 heteroatoms. The summed E-state index contributed by atoms with van der Waals surface area (Å²) in [5, 5.41) is 4.15. The van der Waals surface area contributed by atoms with Crippen molar-refractivity contribution in [1.29, 1.82) is 0 Å². The van der Waals surface area contributed by atoms with Gasteiger partial charge in [-0.1, -0.05) is 6.92 Å². The molecule has 0 aliphatic heterocycles. The monoisotopic (exact) mass is 231 g/mol. The Kier molecular flexibility index (Phi) is 3.29. The third-order valence-electron chi connectivity index (χ3n) is 2.02. The molecule has 1 unspecified atom stereocenters. The Morgan fingerprint density at radius 3 is 2.83 bits per heavy atom. The van der Waals surface area contributed by atoms with Crippen LogP contribution in [0.1, 0.15) is 24.8 Å². The predicted octanol–water partition coefficient (Wildman–Crippen LogP) is 1.63. The van der Waals surface area contributed by atoms with Crippen LogP contribution in [0.15, 0.2) is 10.8 Å². The van der Waals surface area contributed by atoms with Crippen LogP contribution in [0.4, 0.5) is 0 Å². The number of hydrogen-bond donors (Lipinski definition) is 1. The lowest BCUT2D eigenvalue weighted by Gasteiger charge is -2.07. The molecule has 2 N–H and O–H groups in total. The van der Waals surface area contributed by atoms with Crippen molar-refractivity contribution < 1.29 is 0 Å². The lowest BCUT2D eigenvalue weighted by molar-refractivity contribution is 0.682. The minimum absolute atomic E-state index is 0.484. The van der Waals surface area contributed by atoms with Gasteiger partial charge in [-0.2, -0.15) is 5.10 Å². The Labute approximate surface area is 81.1 Å². The van der Waals surface area contributed by atoms with E-state index in [0.29, 0.717) is 5.92 Å². The predicted molar refractivity (Wildman–Crippen MR) is 53.0 cm³/mol. The summed E-state index contributed by atoms with van der Waals surface area (Å²) in [6.07, 6.45) is 2.90. The first kappa shape index (κ1) is 9.74. The van der Waals surface area contributed by atoms with Gasteiger partial charge in [-0.25, -0.2) is 0 Å². The van der Waals surface area contributed by atoms with E-state index in [0.717, 1.165) is 17.6 Å². The summed E-state index contributed by atoms with van der Waals surface area (Å²) in [4.78, 5) is 0. The smallest absolute Gasteiger partial charge is 0.107 e. The zero-order valence-corrected chi connectivity index (χ0v) is 9.00. The van der Waals surface area contributed by atoms with E-state index in [2.05, 4.69) is 28.0 Å². The number of nitrogens with zero attached hydrogens (tertiary/aromatic N) is 2. The van der Waals surface area contributed by atoms with E-state index >= 15 is 0 Å². The molecule has 0 spiro atoms. The number of aromatic nitrogens is 2. The molecule has 12 heavy (non-hydrogen) atoms. The van der Waals surface area contributed by atoms with Crippen LogP contribution < -0.4 is 5.73 Å². The number of hydrogen-bond acceptors (Lipinski definition) is 2. The minimum Gasteiger partial charge on any atom is -0.330 e. The van der Waals surface area contributed by atoms with Gasteiger partial charge < -0.3 is 5.73 Å². The van der Waals surface area contributed by atoms with E-state index in [1.807, 2.05) is 17.9 Å². The molecule has 68 valence electrons. The highest BCUT2D eigenvalue weighted by Crippen LogP contribution is 2.25. The highest BCUT2D eigenvalue weighted by Gasteiger charge is 2.11. The van der Waals surface area contributed by atoms with Gasteiger partial charge in [0.15, 0.2) is 0 Å². The molecule has 0 aliphatic rings. The zero-order valence-electron chi connectivity index (χ0n) is 7.42. The fourth-order valence-corrected chi connectivity index (χ4v) is 1.76. The van der Waals surface area contributed by atoms with Crippen molar-refractivity contribution in [1.82, 2.24) is 9.78 Å². The van der Waals surface area contributed by atoms with Crippen LogP contribution in [0.25, 0.3) is 0 Å². The van der Waals surface area contributed by atoms with Crippen molar-refractivity contribution in [3.05, 3.63) is 16.4 Å². The molecule has 1 atom stereocenters. The van der Waals surface area contributed by atoms with Gasteiger partial charge in [-0.3, -0.25) is 4.68 Å². The van der Waals surface area contributed by atoms with Gasteiger partial charge in [-0.05, 0) is 34.8 Å². The van der Waals surface area contributed by atoms with Gasteiger partial charge in [0.05, 0.1) is 6.20 Å². The van der Waals surface area contributed by atoms with Crippen LogP contribution in [0.2, 0.25) is 0 Å². The van der Waals surface area contributed by atoms with Gasteiger partial charge in [0.1, 0.15) is 4.60 Å². The molecule has 0 saturated carbocycles. The van der Waals surface area contributed by atoms with Crippen LogP contribution >= 0.6 is 15.9 Å². The molecule has 3 nitrogen and oxygen atoms in total. The second kappa shape index (κ2) is 4.05. The van der Waals surface area contributed by atoms with Crippen LogP contribution in [0, 0.1) is 0 Å². The van der Waals surface area contributed by atoms with Crippen molar-refractivity contribution in [3.63, 3.8) is 0 Å². The van der Waals surface area contributed by atoms with Crippen LogP contribution in [-0.2, 0) is 7.05 Å². The maximum absolute atomic E-state index is 5.48. The molecule has 0 saturated heterocycles. The molecule has 1 rings (SSSR count). The average Bonchev–Trinajstić information content (AvgIpc) is 2.34. The highest BCUT2D eigenvalue weighted by atomic mass is 79.9. The molecule has 1 aromatic rings. The fourth-order valence-electron chi connectivity index (χ4n) is 1.18. The van der Waals surface area contributed by atoms with Gasteiger partial charge in [0, 0.05) is 12.6 Å². The minimum atomic E-state index is 0.484. The van der Waals surface area contributed by atoms with Gasteiger partial charge in [0.25, 0.3) is 0 Å². The number of rotatable bonds is 3. The number of halogens is 1. The normalized spacial score (nSPS) is 13.3. The van der Waals surface area contributed by atoms with Crippen molar-refractivity contribution in [2.75, 3.05) is 6.54 Å². The second-order valence-electron chi connectivity index (χ2n) is 2.99. The summed E-state index contributed by atoms with van der Waals surface area (Å²) in [6, 6.07) is 0. The standard InChI is InChI=1S/C8H14BrN3/c1-6(3-4-10)7-5-11-12(2)8(7)9/h5-6H,3-4,10H2,1-2H3. The zero-order chi connectivity index (χ0) is 9.14. The molecular formula is C8H14BrN3. The van der Waals surface area contributed by atoms with Crippen molar-refractivity contribution in [3.8, 4) is 0 Å². The summed E-state index contributed by atoms with van der Waals surface area (Å²) >= 11 is 3.48. The van der Waals surface area contributed by atoms with Gasteiger partial charge in [0.2, 0.25) is 0 Å². The molecule has 0 aromatic carbocycles. The third kappa shape index (κ3) is 1.87. The van der Waals surface area contributed by atoms with E-state index in [1.54, 1.807) is 0 Å². The lowest BCUT2D eigenvalue weighted by Crippen LogP contribution is -2.04. The topological polar surface area (TPSA) is 43.8 Å². The van der Waals surface area contributed by atoms with E-state index in [4.69, 9.17) is 5.73 Å². The van der Waals surface area contributed by atoms with E-state index in [9.17, 15) is 0 Å². The largest absolute Gasteiger partial charge is 0.330 e. The third-order valence-corrected chi connectivity index (χ3v) is 2.99. The van der Waals surface area contributed by atoms with Crippen LogP contribution in [-0.4, -0.2) is 16.3 Å². The summed E-state index contributed by atoms with van der Waals surface area (Å²) in [7, 11) is 1.92. The molecule has 0 fully saturated rings. The Bertz CT molecular complexity index is 257. The summed E-state index contributed by atoms with van der Waals surface area (Å²) in [5.74, 6) is 0.484. The first-order valence-corrected chi connectivity index (χ1v) is 4.83. The van der Waals surface area contributed by atoms with Crippen LogP contribution in [0.3, 0.4) is 0 Å². The van der Waals surface area contributed by atoms with E-state index in [1.165, 1.54) is 5.56 Å². The quantitative estimate of drug-likeness (QED) is 0.860. The maximum Gasteiger partial charge on any atom is 0.107 e. The average molecular weight is 232 g/mol. The fraction of sp³-hybridized carbons (Fsp3) is 0.625. The summed E-state index contributed by atoms with van der Waals surface area (Å²) in [6.45, 7) is 2.89. The Balaban J connectivity index is 2.80. The van der Waals surface area contributed by atoms with Crippen molar-refractivity contribution in [2.24, 2.45) is 12.8 Å². The Morgan fingerprint density at radius 1 is 1.75 bits per heavy atom. The lowest BCUT2D eigenvalue weighted by atomic mass is 10.0. The van der Waals surface area contributed by atoms with Crippen molar-refractivity contribution >= 4 is 15.9 Å². The molecule has 0 amide bonds. The highest BCUT2D eigenvalue weighted by molar-refractivity contribution is 9.10. The molecule has 1 aromatic heterocycles. The van der Waals surface area contributed by atoms with Gasteiger partial charge >= 0.3 is 0 Å². The molecule has 0 bridgehead atoms. The van der Waals surface area contributed by atoms with E-state index < -0.39 is 0 Å². The van der Waals surface area contributed by atoms with Crippen molar-refractivity contribution in [2.45, 2.75) is 19.3 Å². The first-order valence-electron chi connectivity index (χ1n) is 4.04. The second-order valence-corrected chi connectivity index (χ2v) is 3.74.